The molecular formula is C23H35NO4. The standard InChI is InChI=1S/C23H35NO4/c1-6-15(3)17(5)22(26)24-20(13-18-11-9-8-10-12-18)21(25)14-19(23(27)28)16(4)7-2/h8-12,15-17,19-20H,6-7,13-14H2,1-5H3,(H,24,26)(H,27,28)/t15-,16-,17-,19-,20-/m0/s1. The first-order valence-corrected chi connectivity index (χ1v) is 10.3. The van der Waals surface area contributed by atoms with Crippen molar-refractivity contribution in [2.75, 3.05) is 0 Å². The number of carboxylic acid groups (broad SMARTS) is 1. The van der Waals surface area contributed by atoms with E-state index in [0.29, 0.717) is 12.8 Å². The Balaban J connectivity index is 3.00. The van der Waals surface area contributed by atoms with Crippen molar-refractivity contribution in [1.82, 2.24) is 5.32 Å². The lowest BCUT2D eigenvalue weighted by Gasteiger charge is -2.25. The summed E-state index contributed by atoms with van der Waals surface area (Å²) in [5.41, 5.74) is 0.938. The van der Waals surface area contributed by atoms with Crippen LogP contribution in [0.2, 0.25) is 0 Å². The van der Waals surface area contributed by atoms with Crippen molar-refractivity contribution < 1.29 is 19.5 Å². The topological polar surface area (TPSA) is 83.5 Å². The molecular weight excluding hydrogens is 354 g/mol. The van der Waals surface area contributed by atoms with Crippen molar-refractivity contribution in [1.29, 1.82) is 0 Å². The summed E-state index contributed by atoms with van der Waals surface area (Å²) in [5, 5.41) is 12.4. The number of nitrogens with one attached hydrogen (secondary N) is 1. The number of hydrogen-bond acceptors (Lipinski definition) is 3. The van der Waals surface area contributed by atoms with Gasteiger partial charge < -0.3 is 10.4 Å². The van der Waals surface area contributed by atoms with E-state index in [0.717, 1.165) is 12.0 Å². The van der Waals surface area contributed by atoms with Gasteiger partial charge in [-0.05, 0) is 23.8 Å². The van der Waals surface area contributed by atoms with Crippen molar-refractivity contribution in [2.24, 2.45) is 23.7 Å². The van der Waals surface area contributed by atoms with E-state index in [1.807, 2.05) is 65.0 Å². The van der Waals surface area contributed by atoms with Gasteiger partial charge in [0.15, 0.2) is 5.78 Å². The summed E-state index contributed by atoms with van der Waals surface area (Å²) in [7, 11) is 0. The van der Waals surface area contributed by atoms with Gasteiger partial charge >= 0.3 is 5.97 Å². The largest absolute Gasteiger partial charge is 0.481 e. The maximum Gasteiger partial charge on any atom is 0.307 e. The number of ketones is 1. The molecule has 0 saturated heterocycles. The van der Waals surface area contributed by atoms with Gasteiger partial charge in [-0.1, -0.05) is 77.8 Å². The predicted molar refractivity (Wildman–Crippen MR) is 111 cm³/mol. The Morgan fingerprint density at radius 1 is 0.964 bits per heavy atom. The van der Waals surface area contributed by atoms with Crippen molar-refractivity contribution in [2.45, 2.75) is 66.3 Å². The molecule has 0 aromatic heterocycles. The van der Waals surface area contributed by atoms with E-state index in [2.05, 4.69) is 5.32 Å². The third-order valence-electron chi connectivity index (χ3n) is 5.97. The van der Waals surface area contributed by atoms with Gasteiger partial charge in [-0.2, -0.15) is 0 Å². The van der Waals surface area contributed by atoms with E-state index in [1.54, 1.807) is 0 Å². The zero-order valence-electron chi connectivity index (χ0n) is 17.8. The summed E-state index contributed by atoms with van der Waals surface area (Å²) in [6.07, 6.45) is 1.86. The van der Waals surface area contributed by atoms with Gasteiger partial charge in [0.1, 0.15) is 0 Å². The molecule has 1 amide bonds. The Bertz CT molecular complexity index is 643. The van der Waals surface area contributed by atoms with E-state index in [-0.39, 0.29) is 35.9 Å². The van der Waals surface area contributed by atoms with Crippen molar-refractivity contribution in [3.05, 3.63) is 35.9 Å². The number of benzene rings is 1. The molecule has 0 unspecified atom stereocenters. The number of rotatable bonds is 12. The summed E-state index contributed by atoms with van der Waals surface area (Å²) in [6, 6.07) is 8.78. The number of aliphatic carboxylic acids is 1. The highest BCUT2D eigenvalue weighted by atomic mass is 16.4. The highest BCUT2D eigenvalue weighted by Crippen LogP contribution is 2.22. The van der Waals surface area contributed by atoms with Crippen LogP contribution in [0.25, 0.3) is 0 Å². The minimum Gasteiger partial charge on any atom is -0.481 e. The lowest BCUT2D eigenvalue weighted by molar-refractivity contribution is -0.146. The number of hydrogen-bond donors (Lipinski definition) is 2. The number of carbonyl (C=O) groups is 3. The van der Waals surface area contributed by atoms with Gasteiger partial charge in [-0.25, -0.2) is 0 Å². The van der Waals surface area contributed by atoms with Crippen LogP contribution in [0, 0.1) is 23.7 Å². The van der Waals surface area contributed by atoms with E-state index >= 15 is 0 Å². The fraction of sp³-hybridized carbons (Fsp3) is 0.609. The van der Waals surface area contributed by atoms with E-state index in [4.69, 9.17) is 0 Å². The first-order valence-electron chi connectivity index (χ1n) is 10.3. The highest BCUT2D eigenvalue weighted by molar-refractivity contribution is 5.92. The summed E-state index contributed by atoms with van der Waals surface area (Å²) >= 11 is 0. The SMILES string of the molecule is CC[C@H](C)[C@H](C)C(=O)N[C@@H](Cc1ccccc1)C(=O)C[C@H](C(=O)O)[C@@H](C)CC. The molecule has 156 valence electrons. The van der Waals surface area contributed by atoms with Crippen LogP contribution in [0.15, 0.2) is 30.3 Å². The molecule has 0 radical (unpaired) electrons. The number of carbonyl (C=O) groups excluding carboxylic acids is 2. The fourth-order valence-corrected chi connectivity index (χ4v) is 3.19. The van der Waals surface area contributed by atoms with Crippen molar-refractivity contribution in [3.63, 3.8) is 0 Å². The van der Waals surface area contributed by atoms with Crippen LogP contribution in [-0.2, 0) is 20.8 Å². The molecule has 0 saturated carbocycles. The first-order chi connectivity index (χ1) is 13.2. The molecule has 5 heteroatoms. The van der Waals surface area contributed by atoms with E-state index in [9.17, 15) is 19.5 Å². The summed E-state index contributed by atoms with van der Waals surface area (Å²) in [6.45, 7) is 9.68. The lowest BCUT2D eigenvalue weighted by atomic mass is 9.85. The average molecular weight is 390 g/mol. The smallest absolute Gasteiger partial charge is 0.307 e. The van der Waals surface area contributed by atoms with Crippen LogP contribution >= 0.6 is 0 Å². The molecule has 1 aromatic carbocycles. The molecule has 1 rings (SSSR count). The minimum absolute atomic E-state index is 0.0696. The lowest BCUT2D eigenvalue weighted by Crippen LogP contribution is -2.46. The molecule has 2 N–H and O–H groups in total. The minimum atomic E-state index is -0.958. The summed E-state index contributed by atoms with van der Waals surface area (Å²) in [5.74, 6) is -2.17. The molecule has 1 aromatic rings. The molecule has 5 atom stereocenters. The van der Waals surface area contributed by atoms with Gasteiger partial charge in [0.05, 0.1) is 12.0 Å². The Hall–Kier alpha value is -2.17. The van der Waals surface area contributed by atoms with Crippen LogP contribution in [0.3, 0.4) is 0 Å². The molecule has 0 aliphatic heterocycles. The average Bonchev–Trinajstić information content (AvgIpc) is 2.69. The monoisotopic (exact) mass is 389 g/mol. The van der Waals surface area contributed by atoms with Gasteiger partial charge in [-0.3, -0.25) is 14.4 Å². The third-order valence-corrected chi connectivity index (χ3v) is 5.97. The quantitative estimate of drug-likeness (QED) is 0.564. The van der Waals surface area contributed by atoms with Crippen LogP contribution in [0.5, 0.6) is 0 Å². The fourth-order valence-electron chi connectivity index (χ4n) is 3.19. The zero-order chi connectivity index (χ0) is 21.3. The maximum atomic E-state index is 13.0. The van der Waals surface area contributed by atoms with E-state index in [1.165, 1.54) is 0 Å². The molecule has 0 bridgehead atoms. The Labute approximate surface area is 168 Å². The number of Topliss-reactive ketones (excluding diaryl/α,β-unsaturated/α-hetero) is 1. The molecule has 0 aliphatic rings. The second-order valence-electron chi connectivity index (χ2n) is 7.93. The molecule has 0 spiro atoms. The van der Waals surface area contributed by atoms with E-state index < -0.39 is 17.9 Å². The molecule has 0 fully saturated rings. The second kappa shape index (κ2) is 11.6. The van der Waals surface area contributed by atoms with Gasteiger partial charge in [0.2, 0.25) is 5.91 Å². The molecule has 0 heterocycles. The third kappa shape index (κ3) is 7.10. The zero-order valence-corrected chi connectivity index (χ0v) is 17.8. The van der Waals surface area contributed by atoms with Gasteiger partial charge in [-0.15, -0.1) is 0 Å². The van der Waals surface area contributed by atoms with Crippen LogP contribution < -0.4 is 5.32 Å². The highest BCUT2D eigenvalue weighted by Gasteiger charge is 2.31. The summed E-state index contributed by atoms with van der Waals surface area (Å²) < 4.78 is 0. The Morgan fingerprint density at radius 2 is 1.54 bits per heavy atom. The molecule has 5 nitrogen and oxygen atoms in total. The number of amides is 1. The van der Waals surface area contributed by atoms with Crippen molar-refractivity contribution in [3.8, 4) is 0 Å². The van der Waals surface area contributed by atoms with Crippen LogP contribution in [-0.4, -0.2) is 28.8 Å². The first kappa shape index (κ1) is 23.9. The number of carboxylic acids is 1. The Morgan fingerprint density at radius 3 is 2.04 bits per heavy atom. The summed E-state index contributed by atoms with van der Waals surface area (Å²) in [4.78, 5) is 37.3. The van der Waals surface area contributed by atoms with Gasteiger partial charge in [0.25, 0.3) is 0 Å². The second-order valence-corrected chi connectivity index (χ2v) is 7.93. The van der Waals surface area contributed by atoms with Crippen LogP contribution in [0.1, 0.15) is 59.4 Å². The van der Waals surface area contributed by atoms with Crippen molar-refractivity contribution >= 4 is 17.7 Å². The Kier molecular flexibility index (Phi) is 9.91. The normalized spacial score (nSPS) is 16.5. The molecule has 0 aliphatic carbocycles. The molecule has 28 heavy (non-hydrogen) atoms. The maximum absolute atomic E-state index is 13.0. The van der Waals surface area contributed by atoms with Crippen LogP contribution in [0.4, 0.5) is 0 Å². The van der Waals surface area contributed by atoms with Gasteiger partial charge in [0, 0.05) is 12.3 Å². The predicted octanol–water partition coefficient (Wildman–Crippen LogP) is 4.10.